The van der Waals surface area contributed by atoms with Crippen molar-refractivity contribution < 1.29 is 0 Å². The van der Waals surface area contributed by atoms with Crippen molar-refractivity contribution in [2.45, 2.75) is 188 Å². The van der Waals surface area contributed by atoms with Gasteiger partial charge in [-0.2, -0.15) is 0 Å². The van der Waals surface area contributed by atoms with Gasteiger partial charge in [-0.25, -0.2) is 0 Å². The van der Waals surface area contributed by atoms with Crippen LogP contribution in [0.25, 0.3) is 21.2 Å². The lowest BCUT2D eigenvalue weighted by Gasteiger charge is -2.45. The number of aryl methyl sites for hydroxylation is 1. The molecule has 0 saturated heterocycles. The normalized spacial score (nSPS) is 18.4. The fraction of sp³-hybridized carbons (Fsp3) is 0.433. The molecule has 0 spiro atoms. The van der Waals surface area contributed by atoms with Crippen molar-refractivity contribution in [2.75, 3.05) is 9.80 Å². The summed E-state index contributed by atoms with van der Waals surface area (Å²) in [6.07, 6.45) is 4.77. The molecule has 0 radical (unpaired) electrons. The molecule has 0 N–H and O–H groups in total. The van der Waals surface area contributed by atoms with Gasteiger partial charge in [0.2, 0.25) is 0 Å². The molecule has 0 fully saturated rings. The van der Waals surface area contributed by atoms with E-state index in [9.17, 15) is 0 Å². The van der Waals surface area contributed by atoms with Gasteiger partial charge in [0, 0.05) is 43.2 Å². The molecule has 0 atom stereocenters. The van der Waals surface area contributed by atoms with Gasteiger partial charge in [-0.1, -0.05) is 172 Å². The van der Waals surface area contributed by atoms with Crippen LogP contribution < -0.4 is 25.5 Å². The van der Waals surface area contributed by atoms with Crippen molar-refractivity contribution in [3.8, 4) is 11.1 Å². The summed E-state index contributed by atoms with van der Waals surface area (Å²) in [7, 11) is 0. The van der Waals surface area contributed by atoms with Crippen molar-refractivity contribution >= 4 is 78.0 Å². The Labute approximate surface area is 432 Å². The zero-order valence-corrected chi connectivity index (χ0v) is 47.3. The Hall–Kier alpha value is -5.06. The minimum atomic E-state index is -0.0332. The van der Waals surface area contributed by atoms with Gasteiger partial charge in [0.05, 0.1) is 11.4 Å². The molecule has 7 aromatic rings. The SMILES string of the molecule is Cc1cc2c3c(c1)N(c1ccc4c(c1)C(C)(C)CCC4(C)C)c1c(sc4cc(C(C)(C)C)ccc14)B3c1cc(C(C)(C)C)ccc1N2c1ccc(C(C)(C)C)cc1-c1ccc2c(c1)C(C)(C)CCC2(C)C. The molecule has 2 aliphatic heterocycles. The molecule has 4 heteroatoms. The summed E-state index contributed by atoms with van der Waals surface area (Å²) in [6.45, 7) is 43.3. The van der Waals surface area contributed by atoms with E-state index >= 15 is 0 Å². The molecule has 11 rings (SSSR count). The van der Waals surface area contributed by atoms with E-state index in [1.54, 1.807) is 0 Å². The quantitative estimate of drug-likeness (QED) is 0.163. The second-order valence-electron chi connectivity index (χ2n) is 28.1. The van der Waals surface area contributed by atoms with E-state index in [1.807, 2.05) is 11.3 Å². The van der Waals surface area contributed by atoms with E-state index in [2.05, 4.69) is 238 Å². The monoisotopic (exact) mass is 955 g/mol. The first kappa shape index (κ1) is 48.2. The molecular formula is C67H79BN2S. The topological polar surface area (TPSA) is 6.48 Å². The smallest absolute Gasteiger partial charge is 0.264 e. The lowest BCUT2D eigenvalue weighted by molar-refractivity contribution is 0.332. The van der Waals surface area contributed by atoms with Crippen LogP contribution in [-0.2, 0) is 37.9 Å². The third-order valence-corrected chi connectivity index (χ3v) is 19.1. The number of hydrogen-bond acceptors (Lipinski definition) is 3. The Morgan fingerprint density at radius 3 is 1.55 bits per heavy atom. The fourth-order valence-corrected chi connectivity index (χ4v) is 14.3. The number of nitrogens with zero attached hydrogens (tertiary/aromatic N) is 2. The molecule has 4 aliphatic rings. The summed E-state index contributed by atoms with van der Waals surface area (Å²) < 4.78 is 2.81. The Balaban J connectivity index is 1.24. The van der Waals surface area contributed by atoms with Crippen LogP contribution in [0.1, 0.15) is 188 Å². The van der Waals surface area contributed by atoms with E-state index in [4.69, 9.17) is 0 Å². The van der Waals surface area contributed by atoms with E-state index in [1.165, 1.54) is 141 Å². The third-order valence-electron chi connectivity index (χ3n) is 17.9. The lowest BCUT2D eigenvalue weighted by atomic mass is 9.36. The molecule has 6 aromatic carbocycles. The van der Waals surface area contributed by atoms with Crippen molar-refractivity contribution in [1.29, 1.82) is 0 Å². The Bertz CT molecular complexity index is 3350. The highest BCUT2D eigenvalue weighted by atomic mass is 32.1. The summed E-state index contributed by atoms with van der Waals surface area (Å²) >= 11 is 2.03. The molecule has 1 aromatic heterocycles. The van der Waals surface area contributed by atoms with E-state index < -0.39 is 0 Å². The van der Waals surface area contributed by atoms with E-state index in [0.717, 1.165) is 0 Å². The fourth-order valence-electron chi connectivity index (χ4n) is 13.0. The van der Waals surface area contributed by atoms with Crippen molar-refractivity contribution in [3.05, 3.63) is 148 Å². The molecular weight excluding hydrogens is 876 g/mol. The van der Waals surface area contributed by atoms with Gasteiger partial charge in [0.15, 0.2) is 0 Å². The zero-order chi connectivity index (χ0) is 50.9. The first-order valence-electron chi connectivity index (χ1n) is 26.9. The summed E-state index contributed by atoms with van der Waals surface area (Å²) in [5.41, 5.74) is 24.9. The summed E-state index contributed by atoms with van der Waals surface area (Å²) in [5.74, 6) is 0. The maximum Gasteiger partial charge on any atom is 0.264 e. The molecule has 366 valence electrons. The second kappa shape index (κ2) is 15.5. The highest BCUT2D eigenvalue weighted by Gasteiger charge is 2.47. The second-order valence-corrected chi connectivity index (χ2v) is 29.2. The lowest BCUT2D eigenvalue weighted by Crippen LogP contribution is -2.60. The van der Waals surface area contributed by atoms with Crippen LogP contribution in [0.4, 0.5) is 34.1 Å². The van der Waals surface area contributed by atoms with Gasteiger partial charge in [0.1, 0.15) is 0 Å². The van der Waals surface area contributed by atoms with E-state index in [0.29, 0.717) is 0 Å². The van der Waals surface area contributed by atoms with Crippen molar-refractivity contribution in [1.82, 2.24) is 0 Å². The molecule has 0 amide bonds. The number of anilines is 6. The van der Waals surface area contributed by atoms with Gasteiger partial charge in [0.25, 0.3) is 6.71 Å². The van der Waals surface area contributed by atoms with Gasteiger partial charge in [-0.3, -0.25) is 0 Å². The third kappa shape index (κ3) is 7.60. The predicted octanol–water partition coefficient (Wildman–Crippen LogP) is 17.5. The first-order valence-corrected chi connectivity index (χ1v) is 27.7. The van der Waals surface area contributed by atoms with Crippen LogP contribution in [0, 0.1) is 6.92 Å². The Kier molecular flexibility index (Phi) is 10.5. The molecule has 2 nitrogen and oxygen atoms in total. The number of hydrogen-bond donors (Lipinski definition) is 0. The highest BCUT2D eigenvalue weighted by Crippen LogP contribution is 2.54. The predicted molar refractivity (Wildman–Crippen MR) is 313 cm³/mol. The minimum Gasteiger partial charge on any atom is -0.311 e. The molecule has 71 heavy (non-hydrogen) atoms. The van der Waals surface area contributed by atoms with Gasteiger partial charge in [-0.15, -0.1) is 11.3 Å². The molecule has 0 unspecified atom stereocenters. The molecule has 0 bridgehead atoms. The van der Waals surface area contributed by atoms with Crippen LogP contribution in [0.5, 0.6) is 0 Å². The summed E-state index contributed by atoms with van der Waals surface area (Å²) in [4.78, 5) is 5.39. The summed E-state index contributed by atoms with van der Waals surface area (Å²) in [5, 5.41) is 1.35. The van der Waals surface area contributed by atoms with Gasteiger partial charge < -0.3 is 9.80 Å². The zero-order valence-electron chi connectivity index (χ0n) is 46.5. The summed E-state index contributed by atoms with van der Waals surface area (Å²) in [6, 6.07) is 42.4. The van der Waals surface area contributed by atoms with Gasteiger partial charge >= 0.3 is 0 Å². The number of benzene rings is 6. The van der Waals surface area contributed by atoms with Crippen LogP contribution in [0.3, 0.4) is 0 Å². The minimum absolute atomic E-state index is 0.0264. The average molecular weight is 955 g/mol. The van der Waals surface area contributed by atoms with Crippen LogP contribution in [0.2, 0.25) is 0 Å². The Morgan fingerprint density at radius 2 is 0.958 bits per heavy atom. The molecule has 0 saturated carbocycles. The number of thiophene rings is 1. The van der Waals surface area contributed by atoms with Crippen molar-refractivity contribution in [3.63, 3.8) is 0 Å². The standard InChI is InChI=1S/C67H79BN2S/c1-40-33-55-58-56(34-40)70(53-27-21-42(61(2,3)4)36-47(53)41-19-25-48-50(35-41)66(15,16)31-29-64(48,11)12)54-28-22-43(62(5,6)7)37-52(54)68(58)60-59(46-24-20-44(63(8,9)10)38-57(46)71-60)69(55)45-23-26-49-51(39-45)67(17,18)32-30-65(49,13)14/h19-28,33-39H,29-32H2,1-18H3. The highest BCUT2D eigenvalue weighted by molar-refractivity contribution is 7.33. The van der Waals surface area contributed by atoms with Crippen LogP contribution in [-0.4, -0.2) is 6.71 Å². The van der Waals surface area contributed by atoms with Gasteiger partial charge in [-0.05, 0) is 180 Å². The Morgan fingerprint density at radius 1 is 0.465 bits per heavy atom. The molecule has 2 aliphatic carbocycles. The molecule has 3 heterocycles. The number of rotatable bonds is 3. The maximum absolute atomic E-state index is 2.71. The average Bonchev–Trinajstić information content (AvgIpc) is 3.66. The number of fused-ring (bicyclic) bond motifs is 8. The first-order chi connectivity index (χ1) is 33.0. The maximum atomic E-state index is 2.71. The van der Waals surface area contributed by atoms with E-state index in [-0.39, 0.29) is 44.6 Å². The largest absolute Gasteiger partial charge is 0.311 e. The van der Waals surface area contributed by atoms with Crippen molar-refractivity contribution in [2.24, 2.45) is 0 Å². The van der Waals surface area contributed by atoms with Crippen LogP contribution >= 0.6 is 11.3 Å². The van der Waals surface area contributed by atoms with Crippen LogP contribution in [0.15, 0.2) is 103 Å².